The lowest BCUT2D eigenvalue weighted by Gasteiger charge is -2.28. The van der Waals surface area contributed by atoms with Gasteiger partial charge in [0.25, 0.3) is 0 Å². The Morgan fingerprint density at radius 2 is 1.95 bits per heavy atom. The first kappa shape index (κ1) is 14.6. The summed E-state index contributed by atoms with van der Waals surface area (Å²) in [4.78, 5) is 2.36. The van der Waals surface area contributed by atoms with Crippen molar-refractivity contribution in [3.63, 3.8) is 0 Å². The van der Waals surface area contributed by atoms with Gasteiger partial charge in [-0.3, -0.25) is 4.21 Å². The van der Waals surface area contributed by atoms with Gasteiger partial charge in [0.05, 0.1) is 0 Å². The highest BCUT2D eigenvalue weighted by atomic mass is 32.2. The molecule has 1 aliphatic rings. The van der Waals surface area contributed by atoms with E-state index in [1.165, 1.54) is 12.1 Å². The van der Waals surface area contributed by atoms with E-state index in [9.17, 15) is 8.60 Å². The number of benzene rings is 1. The summed E-state index contributed by atoms with van der Waals surface area (Å²) in [5, 5.41) is 3.28. The van der Waals surface area contributed by atoms with Crippen LogP contribution >= 0.6 is 0 Å². The monoisotopic (exact) mass is 284 g/mol. The third-order valence-electron chi connectivity index (χ3n) is 3.63. The van der Waals surface area contributed by atoms with E-state index in [4.69, 9.17) is 0 Å². The summed E-state index contributed by atoms with van der Waals surface area (Å²) in [5.74, 6) is 1.39. The molecule has 1 N–H and O–H groups in total. The summed E-state index contributed by atoms with van der Waals surface area (Å²) in [7, 11) is 1.32. The molecule has 3 nitrogen and oxygen atoms in total. The second kappa shape index (κ2) is 7.12. The van der Waals surface area contributed by atoms with Crippen molar-refractivity contribution in [2.75, 3.05) is 38.2 Å². The van der Waals surface area contributed by atoms with Crippen LogP contribution in [0.3, 0.4) is 0 Å². The maximum atomic E-state index is 12.9. The second-order valence-electron chi connectivity index (χ2n) is 4.87. The zero-order valence-corrected chi connectivity index (χ0v) is 12.1. The molecule has 1 aromatic rings. The topological polar surface area (TPSA) is 32.3 Å². The minimum Gasteiger partial charge on any atom is -0.313 e. The largest absolute Gasteiger partial charge is 0.313 e. The van der Waals surface area contributed by atoms with Gasteiger partial charge in [0.15, 0.2) is 0 Å². The Morgan fingerprint density at radius 1 is 1.32 bits per heavy atom. The van der Waals surface area contributed by atoms with Gasteiger partial charge in [-0.05, 0) is 31.2 Å². The first-order chi connectivity index (χ1) is 9.19. The number of halogens is 1. The van der Waals surface area contributed by atoms with Gasteiger partial charge in [-0.15, -0.1) is 0 Å². The Kier molecular flexibility index (Phi) is 5.48. The van der Waals surface area contributed by atoms with Gasteiger partial charge in [-0.25, -0.2) is 4.39 Å². The van der Waals surface area contributed by atoms with Crippen molar-refractivity contribution in [2.45, 2.75) is 12.5 Å². The van der Waals surface area contributed by atoms with Gasteiger partial charge in [0.1, 0.15) is 5.82 Å². The Morgan fingerprint density at radius 3 is 2.53 bits per heavy atom. The molecule has 5 heteroatoms. The van der Waals surface area contributed by atoms with Crippen molar-refractivity contribution in [3.05, 3.63) is 35.6 Å². The number of hydrogen-bond acceptors (Lipinski definition) is 3. The average Bonchev–Trinajstić information content (AvgIpc) is 2.43. The van der Waals surface area contributed by atoms with E-state index in [1.807, 2.05) is 19.2 Å². The molecule has 1 aliphatic heterocycles. The van der Waals surface area contributed by atoms with Crippen LogP contribution in [0.15, 0.2) is 24.3 Å². The summed E-state index contributed by atoms with van der Waals surface area (Å²) in [6.07, 6.45) is 0.981. The third-order valence-corrected chi connectivity index (χ3v) is 4.90. The van der Waals surface area contributed by atoms with Crippen molar-refractivity contribution >= 4 is 10.8 Å². The van der Waals surface area contributed by atoms with Crippen LogP contribution in [0.25, 0.3) is 0 Å². The Labute approximate surface area is 116 Å². The van der Waals surface area contributed by atoms with Gasteiger partial charge in [-0.2, -0.15) is 0 Å². The van der Waals surface area contributed by atoms with Crippen molar-refractivity contribution in [3.8, 4) is 0 Å². The quantitative estimate of drug-likeness (QED) is 0.890. The van der Waals surface area contributed by atoms with E-state index < -0.39 is 10.8 Å². The molecule has 0 radical (unpaired) electrons. The first-order valence-electron chi connectivity index (χ1n) is 6.69. The molecule has 0 aromatic heterocycles. The molecule has 1 heterocycles. The smallest absolute Gasteiger partial charge is 0.123 e. The van der Waals surface area contributed by atoms with Gasteiger partial charge in [0, 0.05) is 48.0 Å². The van der Waals surface area contributed by atoms with Crippen LogP contribution in [0.1, 0.15) is 18.0 Å². The molecule has 0 saturated carbocycles. The maximum Gasteiger partial charge on any atom is 0.123 e. The number of hydrogen-bond donors (Lipinski definition) is 1. The van der Waals surface area contributed by atoms with E-state index in [2.05, 4.69) is 10.2 Å². The summed E-state index contributed by atoms with van der Waals surface area (Å²) in [6.45, 7) is 2.83. The van der Waals surface area contributed by atoms with Crippen molar-refractivity contribution in [2.24, 2.45) is 0 Å². The van der Waals surface area contributed by atoms with Crippen molar-refractivity contribution in [1.29, 1.82) is 0 Å². The molecule has 1 fully saturated rings. The first-order valence-corrected chi connectivity index (χ1v) is 8.18. The van der Waals surface area contributed by atoms with Crippen LogP contribution in [0.5, 0.6) is 0 Å². The van der Waals surface area contributed by atoms with E-state index in [0.717, 1.165) is 43.1 Å². The highest BCUT2D eigenvalue weighted by molar-refractivity contribution is 7.85. The van der Waals surface area contributed by atoms with Crippen LogP contribution in [-0.2, 0) is 10.8 Å². The summed E-state index contributed by atoms with van der Waals surface area (Å²) in [5.41, 5.74) is 1.12. The fourth-order valence-electron chi connectivity index (χ4n) is 2.38. The van der Waals surface area contributed by atoms with Crippen LogP contribution < -0.4 is 5.32 Å². The van der Waals surface area contributed by atoms with Gasteiger partial charge in [-0.1, -0.05) is 12.1 Å². The van der Waals surface area contributed by atoms with Crippen molar-refractivity contribution in [1.82, 2.24) is 10.2 Å². The maximum absolute atomic E-state index is 12.9. The lowest BCUT2D eigenvalue weighted by atomic mass is 10.0. The fourth-order valence-corrected chi connectivity index (χ4v) is 3.51. The van der Waals surface area contributed by atoms with Crippen LogP contribution in [0, 0.1) is 5.82 Å². The van der Waals surface area contributed by atoms with Crippen LogP contribution in [-0.4, -0.2) is 47.3 Å². The molecule has 19 heavy (non-hydrogen) atoms. The van der Waals surface area contributed by atoms with E-state index in [0.29, 0.717) is 0 Å². The average molecular weight is 284 g/mol. The van der Waals surface area contributed by atoms with Crippen LogP contribution in [0.4, 0.5) is 4.39 Å². The van der Waals surface area contributed by atoms with E-state index in [-0.39, 0.29) is 11.9 Å². The fraction of sp³-hybridized carbons (Fsp3) is 0.571. The molecule has 106 valence electrons. The normalized spacial score (nSPS) is 19.5. The van der Waals surface area contributed by atoms with E-state index >= 15 is 0 Å². The molecular formula is C14H21FN2OS. The lowest BCUT2D eigenvalue weighted by molar-refractivity contribution is 0.281. The molecule has 0 spiro atoms. The molecule has 1 saturated heterocycles. The molecule has 0 aliphatic carbocycles. The summed E-state index contributed by atoms with van der Waals surface area (Å²) < 4.78 is 24.2. The molecule has 1 atom stereocenters. The molecule has 1 aromatic carbocycles. The Bertz CT molecular complexity index is 414. The summed E-state index contributed by atoms with van der Waals surface area (Å²) in [6, 6.07) is 6.92. The van der Waals surface area contributed by atoms with Gasteiger partial charge in [0.2, 0.25) is 0 Å². The summed E-state index contributed by atoms with van der Waals surface area (Å²) >= 11 is 0. The van der Waals surface area contributed by atoms with Crippen LogP contribution in [0.2, 0.25) is 0 Å². The molecule has 0 bridgehead atoms. The predicted octanol–water partition coefficient (Wildman–Crippen LogP) is 1.54. The minimum absolute atomic E-state index is 0.197. The lowest BCUT2D eigenvalue weighted by Crippen LogP contribution is -2.39. The third kappa shape index (κ3) is 4.37. The zero-order chi connectivity index (χ0) is 13.7. The Hall–Kier alpha value is -0.780. The predicted molar refractivity (Wildman–Crippen MR) is 77.1 cm³/mol. The second-order valence-corrected chi connectivity index (χ2v) is 6.57. The number of nitrogens with one attached hydrogen (secondary N) is 1. The minimum atomic E-state index is -0.615. The van der Waals surface area contributed by atoms with Gasteiger partial charge >= 0.3 is 0 Å². The molecule has 2 rings (SSSR count). The van der Waals surface area contributed by atoms with Gasteiger partial charge < -0.3 is 10.2 Å². The highest BCUT2D eigenvalue weighted by Crippen LogP contribution is 2.17. The standard InChI is InChI=1S/C14H21FN2OS/c1-16-14(12-2-4-13(15)5-3-12)6-7-17-8-10-19(18)11-9-17/h2-5,14,16H,6-11H2,1H3. The highest BCUT2D eigenvalue weighted by Gasteiger charge is 2.17. The van der Waals surface area contributed by atoms with Crippen molar-refractivity contribution < 1.29 is 8.60 Å². The van der Waals surface area contributed by atoms with E-state index in [1.54, 1.807) is 0 Å². The SMILES string of the molecule is CNC(CCN1CCS(=O)CC1)c1ccc(F)cc1. The Balaban J connectivity index is 1.85. The number of rotatable bonds is 5. The number of nitrogens with zero attached hydrogens (tertiary/aromatic N) is 1. The molecule has 1 unspecified atom stereocenters. The zero-order valence-electron chi connectivity index (χ0n) is 11.3. The molecular weight excluding hydrogens is 263 g/mol. The molecule has 0 amide bonds.